The van der Waals surface area contributed by atoms with Gasteiger partial charge in [0, 0.05) is 18.2 Å². The summed E-state index contributed by atoms with van der Waals surface area (Å²) in [7, 11) is 0. The maximum Gasteiger partial charge on any atom is 0.273 e. The molecule has 0 bridgehead atoms. The van der Waals surface area contributed by atoms with Gasteiger partial charge in [0.15, 0.2) is 23.0 Å². The van der Waals surface area contributed by atoms with E-state index in [1.165, 1.54) is 30.4 Å². The van der Waals surface area contributed by atoms with Crippen LogP contribution in [0.15, 0.2) is 53.1 Å². The van der Waals surface area contributed by atoms with Crippen molar-refractivity contribution in [3.8, 4) is 22.8 Å². The largest absolute Gasteiger partial charge is 0.486 e. The van der Waals surface area contributed by atoms with Gasteiger partial charge in [-0.05, 0) is 60.7 Å². The topological polar surface area (TPSA) is 76.8 Å². The predicted octanol–water partition coefficient (Wildman–Crippen LogP) is 5.37. The molecule has 1 fully saturated rings. The Morgan fingerprint density at radius 2 is 1.69 bits per heavy atom. The van der Waals surface area contributed by atoms with Gasteiger partial charge in [0.1, 0.15) is 13.2 Å². The third-order valence-corrected chi connectivity index (χ3v) is 7.02. The number of hydrogen-bond acceptors (Lipinski definition) is 6. The van der Waals surface area contributed by atoms with E-state index in [1.54, 1.807) is 6.07 Å². The number of hydrogen-bond donors (Lipinski definition) is 1. The molecule has 1 atom stereocenters. The fourth-order valence-electron chi connectivity index (χ4n) is 4.89. The molecule has 7 nitrogen and oxygen atoms in total. The number of amides is 1. The van der Waals surface area contributed by atoms with Crippen molar-refractivity contribution in [2.24, 2.45) is 0 Å². The van der Waals surface area contributed by atoms with Crippen molar-refractivity contribution < 1.29 is 18.8 Å². The highest BCUT2D eigenvalue weighted by molar-refractivity contribution is 5.93. The summed E-state index contributed by atoms with van der Waals surface area (Å²) in [4.78, 5) is 15.5. The second-order valence-corrected chi connectivity index (χ2v) is 10.6. The number of ether oxygens (including phenoxy) is 2. The number of piperidine rings is 1. The summed E-state index contributed by atoms with van der Waals surface area (Å²) in [6.07, 6.45) is 3.64. The van der Waals surface area contributed by atoms with Gasteiger partial charge in [-0.25, -0.2) is 0 Å². The second kappa shape index (κ2) is 10.3. The van der Waals surface area contributed by atoms with Crippen LogP contribution < -0.4 is 14.8 Å². The summed E-state index contributed by atoms with van der Waals surface area (Å²) in [5.41, 5.74) is 3.69. The minimum absolute atomic E-state index is 0.106. The zero-order chi connectivity index (χ0) is 25.1. The lowest BCUT2D eigenvalue weighted by Gasteiger charge is -2.35. The molecule has 1 N–H and O–H groups in total. The molecule has 1 saturated heterocycles. The molecule has 1 amide bonds. The number of benzene rings is 2. The summed E-state index contributed by atoms with van der Waals surface area (Å²) in [6.45, 7) is 10.3. The van der Waals surface area contributed by atoms with Crippen LogP contribution in [0.1, 0.15) is 67.7 Å². The van der Waals surface area contributed by atoms with Crippen LogP contribution in [0.2, 0.25) is 0 Å². The SMILES string of the molecule is CC(C)(C)c1ccc(C(CNC(=O)c2cc(-c3ccc4c(c3)OCCO4)on2)N2CCCCC2)cc1. The number of nitrogens with one attached hydrogen (secondary N) is 1. The zero-order valence-electron chi connectivity index (χ0n) is 21.4. The second-order valence-electron chi connectivity index (χ2n) is 10.6. The Kier molecular flexibility index (Phi) is 7.01. The number of aromatic nitrogens is 1. The fraction of sp³-hybridized carbons (Fsp3) is 0.448. The van der Waals surface area contributed by atoms with Crippen molar-refractivity contribution in [3.05, 3.63) is 65.4 Å². The van der Waals surface area contributed by atoms with E-state index in [4.69, 9.17) is 14.0 Å². The number of carbonyl (C=O) groups is 1. The van der Waals surface area contributed by atoms with Crippen LogP contribution in [0.3, 0.4) is 0 Å². The Morgan fingerprint density at radius 1 is 0.972 bits per heavy atom. The number of rotatable bonds is 6. The van der Waals surface area contributed by atoms with Crippen LogP contribution in [0.5, 0.6) is 11.5 Å². The summed E-state index contributed by atoms with van der Waals surface area (Å²) < 4.78 is 16.7. The standard InChI is InChI=1S/C29H35N3O4/c1-29(2,3)22-10-7-20(8-11-22)24(32-13-5-4-6-14-32)19-30-28(33)23-18-26(36-31-23)21-9-12-25-27(17-21)35-16-15-34-25/h7-12,17-18,24H,4-6,13-16,19H2,1-3H3,(H,30,33). The Labute approximate surface area is 212 Å². The van der Waals surface area contributed by atoms with Crippen LogP contribution in [-0.4, -0.2) is 48.8 Å². The molecule has 190 valence electrons. The highest BCUT2D eigenvalue weighted by atomic mass is 16.6. The normalized spacial score (nSPS) is 17.0. The minimum Gasteiger partial charge on any atom is -0.486 e. The molecule has 2 aliphatic heterocycles. The first kappa shape index (κ1) is 24.4. The molecule has 0 spiro atoms. The van der Waals surface area contributed by atoms with Crippen LogP contribution in [-0.2, 0) is 5.41 Å². The summed E-state index contributed by atoms with van der Waals surface area (Å²) in [5, 5.41) is 7.14. The summed E-state index contributed by atoms with van der Waals surface area (Å²) >= 11 is 0. The van der Waals surface area contributed by atoms with Crippen molar-refractivity contribution in [2.75, 3.05) is 32.8 Å². The number of nitrogens with zero attached hydrogens (tertiary/aromatic N) is 2. The van der Waals surface area contributed by atoms with Gasteiger partial charge in [-0.1, -0.05) is 56.6 Å². The molecule has 3 heterocycles. The van der Waals surface area contributed by atoms with E-state index in [2.05, 4.69) is 60.4 Å². The van der Waals surface area contributed by atoms with E-state index in [-0.39, 0.29) is 23.1 Å². The van der Waals surface area contributed by atoms with Crippen molar-refractivity contribution in [1.82, 2.24) is 15.4 Å². The quantitative estimate of drug-likeness (QED) is 0.502. The molecule has 0 saturated carbocycles. The van der Waals surface area contributed by atoms with Crippen LogP contribution in [0.25, 0.3) is 11.3 Å². The molecule has 0 aliphatic carbocycles. The van der Waals surface area contributed by atoms with Gasteiger partial charge in [-0.2, -0.15) is 0 Å². The Hall–Kier alpha value is -3.32. The Bertz CT molecular complexity index is 1190. The van der Waals surface area contributed by atoms with Gasteiger partial charge in [0.25, 0.3) is 5.91 Å². The molecule has 5 rings (SSSR count). The number of fused-ring (bicyclic) bond motifs is 1. The lowest BCUT2D eigenvalue weighted by molar-refractivity contribution is 0.0915. The van der Waals surface area contributed by atoms with Crippen molar-refractivity contribution >= 4 is 5.91 Å². The fourth-order valence-corrected chi connectivity index (χ4v) is 4.89. The molecule has 36 heavy (non-hydrogen) atoms. The lowest BCUT2D eigenvalue weighted by Crippen LogP contribution is -2.40. The van der Waals surface area contributed by atoms with Crippen LogP contribution >= 0.6 is 0 Å². The van der Waals surface area contributed by atoms with Crippen molar-refractivity contribution in [2.45, 2.75) is 51.5 Å². The summed E-state index contributed by atoms with van der Waals surface area (Å²) in [5.74, 6) is 1.66. The maximum atomic E-state index is 13.0. The van der Waals surface area contributed by atoms with E-state index in [1.807, 2.05) is 18.2 Å². The Balaban J connectivity index is 1.29. The maximum absolute atomic E-state index is 13.0. The van der Waals surface area contributed by atoms with E-state index in [9.17, 15) is 4.79 Å². The minimum atomic E-state index is -0.240. The first-order valence-corrected chi connectivity index (χ1v) is 12.9. The van der Waals surface area contributed by atoms with Gasteiger partial charge in [0.05, 0.1) is 6.04 Å². The highest BCUT2D eigenvalue weighted by Gasteiger charge is 2.25. The first-order valence-electron chi connectivity index (χ1n) is 12.9. The van der Waals surface area contributed by atoms with Gasteiger partial charge < -0.3 is 19.3 Å². The van der Waals surface area contributed by atoms with Crippen LogP contribution in [0, 0.1) is 0 Å². The zero-order valence-corrected chi connectivity index (χ0v) is 21.4. The molecule has 2 aromatic carbocycles. The van der Waals surface area contributed by atoms with Gasteiger partial charge in [0.2, 0.25) is 0 Å². The summed E-state index contributed by atoms with van der Waals surface area (Å²) in [6, 6.07) is 16.2. The van der Waals surface area contributed by atoms with Gasteiger partial charge in [-0.3, -0.25) is 9.69 Å². The van der Waals surface area contributed by atoms with Gasteiger partial charge >= 0.3 is 0 Å². The first-order chi connectivity index (χ1) is 17.4. The van der Waals surface area contributed by atoms with Crippen molar-refractivity contribution in [1.29, 1.82) is 0 Å². The van der Waals surface area contributed by atoms with Crippen molar-refractivity contribution in [3.63, 3.8) is 0 Å². The number of likely N-dealkylation sites (tertiary alicyclic amines) is 1. The predicted molar refractivity (Wildman–Crippen MR) is 139 cm³/mol. The third-order valence-electron chi connectivity index (χ3n) is 7.02. The third kappa shape index (κ3) is 5.41. The molecule has 2 aliphatic rings. The van der Waals surface area contributed by atoms with E-state index >= 15 is 0 Å². The molecule has 3 aromatic rings. The average molecular weight is 490 g/mol. The highest BCUT2D eigenvalue weighted by Crippen LogP contribution is 2.35. The smallest absolute Gasteiger partial charge is 0.273 e. The molecular weight excluding hydrogens is 454 g/mol. The lowest BCUT2D eigenvalue weighted by atomic mass is 9.86. The molecule has 0 radical (unpaired) electrons. The van der Waals surface area contributed by atoms with Gasteiger partial charge in [-0.15, -0.1) is 0 Å². The monoisotopic (exact) mass is 489 g/mol. The number of carbonyl (C=O) groups excluding carboxylic acids is 1. The molecule has 1 unspecified atom stereocenters. The molecule has 7 heteroatoms. The average Bonchev–Trinajstić information content (AvgIpc) is 3.39. The van der Waals surface area contributed by atoms with Crippen LogP contribution in [0.4, 0.5) is 0 Å². The van der Waals surface area contributed by atoms with E-state index in [0.29, 0.717) is 37.0 Å². The van der Waals surface area contributed by atoms with E-state index < -0.39 is 0 Å². The van der Waals surface area contributed by atoms with E-state index in [0.717, 1.165) is 18.7 Å². The Morgan fingerprint density at radius 3 is 2.42 bits per heavy atom. The molecular formula is C29H35N3O4. The molecule has 1 aromatic heterocycles.